The van der Waals surface area contributed by atoms with Crippen molar-refractivity contribution in [1.29, 1.82) is 0 Å². The second-order valence-electron chi connectivity index (χ2n) is 3.34. The Balaban J connectivity index is 2.32. The first-order valence-electron chi connectivity index (χ1n) is 5.06. The van der Waals surface area contributed by atoms with Crippen LogP contribution in [-0.2, 0) is 6.54 Å². The molecule has 0 saturated carbocycles. The highest BCUT2D eigenvalue weighted by molar-refractivity contribution is 6.28. The molecule has 0 atom stereocenters. The van der Waals surface area contributed by atoms with Gasteiger partial charge in [0.05, 0.1) is 16.8 Å². The summed E-state index contributed by atoms with van der Waals surface area (Å²) in [6.45, 7) is 2.63. The molecule has 9 heteroatoms. The lowest BCUT2D eigenvalue weighted by molar-refractivity contribution is -0.384. The number of nitrogens with zero attached hydrogens (tertiary/aromatic N) is 5. The normalized spacial score (nSPS) is 10.3. The van der Waals surface area contributed by atoms with Crippen LogP contribution in [0.15, 0.2) is 18.6 Å². The molecule has 1 N–H and O–H groups in total. The SMILES string of the molecule is CCn1cc(Nc2nc(Cl)ncc2[N+](=O)[O-])cn1. The van der Waals surface area contributed by atoms with Crippen LogP contribution < -0.4 is 5.32 Å². The van der Waals surface area contributed by atoms with Gasteiger partial charge < -0.3 is 5.32 Å². The molecule has 2 heterocycles. The van der Waals surface area contributed by atoms with Gasteiger partial charge in [0.1, 0.15) is 6.20 Å². The summed E-state index contributed by atoms with van der Waals surface area (Å²) in [7, 11) is 0. The fourth-order valence-electron chi connectivity index (χ4n) is 1.32. The van der Waals surface area contributed by atoms with E-state index in [0.29, 0.717) is 12.2 Å². The summed E-state index contributed by atoms with van der Waals surface area (Å²) in [5.74, 6) is 0.0376. The van der Waals surface area contributed by atoms with Crippen molar-refractivity contribution < 1.29 is 4.92 Å². The average Bonchev–Trinajstić information content (AvgIpc) is 2.76. The van der Waals surface area contributed by atoms with Crippen LogP contribution in [-0.4, -0.2) is 24.7 Å². The van der Waals surface area contributed by atoms with E-state index < -0.39 is 4.92 Å². The summed E-state index contributed by atoms with van der Waals surface area (Å²) >= 11 is 5.61. The Labute approximate surface area is 107 Å². The number of rotatable bonds is 4. The lowest BCUT2D eigenvalue weighted by Gasteiger charge is -2.03. The van der Waals surface area contributed by atoms with E-state index in [4.69, 9.17) is 11.6 Å². The fourth-order valence-corrected chi connectivity index (χ4v) is 1.45. The molecule has 94 valence electrons. The number of halogens is 1. The summed E-state index contributed by atoms with van der Waals surface area (Å²) in [5, 5.41) is 17.6. The van der Waals surface area contributed by atoms with E-state index >= 15 is 0 Å². The van der Waals surface area contributed by atoms with E-state index in [2.05, 4.69) is 20.4 Å². The predicted octanol–water partition coefficient (Wildman–Crippen LogP) is 2.00. The summed E-state index contributed by atoms with van der Waals surface area (Å²) in [6.07, 6.45) is 4.31. The standard InChI is InChI=1S/C9H9ClN6O2/c1-2-15-5-6(3-12-15)13-8-7(16(17)18)4-11-9(10)14-8/h3-5H,2H2,1H3,(H,11,13,14). The van der Waals surface area contributed by atoms with Crippen molar-refractivity contribution >= 4 is 28.8 Å². The Bertz CT molecular complexity index is 584. The molecule has 2 aromatic heterocycles. The van der Waals surface area contributed by atoms with Gasteiger partial charge in [0, 0.05) is 12.7 Å². The highest BCUT2D eigenvalue weighted by Crippen LogP contribution is 2.25. The Kier molecular flexibility index (Phi) is 3.38. The van der Waals surface area contributed by atoms with E-state index in [1.807, 2.05) is 6.92 Å². The van der Waals surface area contributed by atoms with Crippen LogP contribution in [0.4, 0.5) is 17.2 Å². The monoisotopic (exact) mass is 268 g/mol. The Morgan fingerprint density at radius 2 is 2.33 bits per heavy atom. The van der Waals surface area contributed by atoms with Crippen LogP contribution in [0.1, 0.15) is 6.92 Å². The van der Waals surface area contributed by atoms with Crippen LogP contribution in [0.2, 0.25) is 5.28 Å². The summed E-state index contributed by atoms with van der Waals surface area (Å²) in [6, 6.07) is 0. The third-order valence-corrected chi connectivity index (χ3v) is 2.34. The van der Waals surface area contributed by atoms with Crippen LogP contribution in [0.25, 0.3) is 0 Å². The maximum absolute atomic E-state index is 10.8. The Morgan fingerprint density at radius 1 is 1.56 bits per heavy atom. The van der Waals surface area contributed by atoms with Crippen molar-refractivity contribution in [3.63, 3.8) is 0 Å². The predicted molar refractivity (Wildman–Crippen MR) is 64.9 cm³/mol. The van der Waals surface area contributed by atoms with Gasteiger partial charge in [-0.3, -0.25) is 14.8 Å². The lowest BCUT2D eigenvalue weighted by Crippen LogP contribution is -2.00. The molecule has 0 saturated heterocycles. The summed E-state index contributed by atoms with van der Waals surface area (Å²) in [4.78, 5) is 17.6. The molecule has 2 rings (SSSR count). The zero-order valence-corrected chi connectivity index (χ0v) is 10.1. The van der Waals surface area contributed by atoms with Gasteiger partial charge in [-0.15, -0.1) is 0 Å². The highest BCUT2D eigenvalue weighted by Gasteiger charge is 2.17. The molecule has 18 heavy (non-hydrogen) atoms. The molecule has 8 nitrogen and oxygen atoms in total. The van der Waals surface area contributed by atoms with Gasteiger partial charge in [0.15, 0.2) is 0 Å². The fraction of sp³-hybridized carbons (Fsp3) is 0.222. The van der Waals surface area contributed by atoms with Crippen molar-refractivity contribution in [2.75, 3.05) is 5.32 Å². The zero-order valence-electron chi connectivity index (χ0n) is 9.37. The molecular formula is C9H9ClN6O2. The maximum atomic E-state index is 10.8. The molecule has 0 radical (unpaired) electrons. The van der Waals surface area contributed by atoms with Crippen molar-refractivity contribution in [2.45, 2.75) is 13.5 Å². The van der Waals surface area contributed by atoms with Gasteiger partial charge in [-0.1, -0.05) is 0 Å². The number of aromatic nitrogens is 4. The van der Waals surface area contributed by atoms with Crippen LogP contribution in [0.5, 0.6) is 0 Å². The van der Waals surface area contributed by atoms with Gasteiger partial charge in [-0.25, -0.2) is 4.98 Å². The third-order valence-electron chi connectivity index (χ3n) is 2.16. The topological polar surface area (TPSA) is 98.8 Å². The van der Waals surface area contributed by atoms with Gasteiger partial charge in [-0.05, 0) is 18.5 Å². The smallest absolute Gasteiger partial charge is 0.329 e. The molecule has 0 unspecified atom stereocenters. The number of nitrogens with one attached hydrogen (secondary N) is 1. The van der Waals surface area contributed by atoms with Crippen molar-refractivity contribution in [3.05, 3.63) is 34.0 Å². The first-order chi connectivity index (χ1) is 8.60. The number of hydrogen-bond acceptors (Lipinski definition) is 6. The van der Waals surface area contributed by atoms with Crippen molar-refractivity contribution in [1.82, 2.24) is 19.7 Å². The molecule has 2 aromatic rings. The Morgan fingerprint density at radius 3 is 2.94 bits per heavy atom. The van der Waals surface area contributed by atoms with Crippen molar-refractivity contribution in [3.8, 4) is 0 Å². The molecule has 0 amide bonds. The molecule has 0 spiro atoms. The first kappa shape index (κ1) is 12.2. The van der Waals surface area contributed by atoms with Crippen LogP contribution in [0, 0.1) is 10.1 Å². The quantitative estimate of drug-likeness (QED) is 0.517. The van der Waals surface area contributed by atoms with Gasteiger partial charge >= 0.3 is 5.69 Å². The second-order valence-corrected chi connectivity index (χ2v) is 3.68. The maximum Gasteiger partial charge on any atom is 0.329 e. The van der Waals surface area contributed by atoms with E-state index in [0.717, 1.165) is 6.20 Å². The molecule has 0 aliphatic heterocycles. The summed E-state index contributed by atoms with van der Waals surface area (Å²) < 4.78 is 1.68. The lowest BCUT2D eigenvalue weighted by atomic mass is 10.4. The minimum Gasteiger partial charge on any atom is -0.332 e. The van der Waals surface area contributed by atoms with Crippen LogP contribution in [0.3, 0.4) is 0 Å². The summed E-state index contributed by atoms with van der Waals surface area (Å²) in [5.41, 5.74) is 0.346. The number of anilines is 2. The molecule has 0 fully saturated rings. The zero-order chi connectivity index (χ0) is 13.1. The molecule has 0 aliphatic carbocycles. The first-order valence-corrected chi connectivity index (χ1v) is 5.44. The van der Waals surface area contributed by atoms with E-state index in [-0.39, 0.29) is 16.8 Å². The van der Waals surface area contributed by atoms with Crippen molar-refractivity contribution in [2.24, 2.45) is 0 Å². The third kappa shape index (κ3) is 2.54. The van der Waals surface area contributed by atoms with E-state index in [9.17, 15) is 10.1 Å². The van der Waals surface area contributed by atoms with E-state index in [1.54, 1.807) is 17.1 Å². The minimum atomic E-state index is -0.580. The van der Waals surface area contributed by atoms with Gasteiger partial charge in [0.25, 0.3) is 0 Å². The second kappa shape index (κ2) is 4.96. The van der Waals surface area contributed by atoms with E-state index in [1.165, 1.54) is 0 Å². The van der Waals surface area contributed by atoms with Gasteiger partial charge in [0.2, 0.25) is 11.1 Å². The van der Waals surface area contributed by atoms with Crippen LogP contribution >= 0.6 is 11.6 Å². The average molecular weight is 269 g/mol. The highest BCUT2D eigenvalue weighted by atomic mass is 35.5. The number of aryl methyl sites for hydroxylation is 1. The largest absolute Gasteiger partial charge is 0.332 e. The number of nitro groups is 1. The minimum absolute atomic E-state index is 0.0376. The van der Waals surface area contributed by atoms with Gasteiger partial charge in [-0.2, -0.15) is 10.1 Å². The molecule has 0 bridgehead atoms. The number of hydrogen-bond donors (Lipinski definition) is 1. The molecular weight excluding hydrogens is 260 g/mol. The molecule has 0 aliphatic rings. The molecule has 0 aromatic carbocycles. The Hall–Kier alpha value is -2.22.